The van der Waals surface area contributed by atoms with Crippen LogP contribution in [0.4, 0.5) is 21.9 Å². The molecular weight excluding hydrogens is 424 g/mol. The number of likely N-dealkylation sites (N-methyl/N-ethyl adjacent to an activating group) is 1. The van der Waals surface area contributed by atoms with Gasteiger partial charge >= 0.3 is 6.03 Å². The average Bonchev–Trinajstić information content (AvgIpc) is 2.85. The summed E-state index contributed by atoms with van der Waals surface area (Å²) in [5, 5.41) is 6.92. The summed E-state index contributed by atoms with van der Waals surface area (Å²) in [6.45, 7) is 6.05. The molecule has 4 aromatic rings. The number of hydrogen-bond acceptors (Lipinski definition) is 5. The first-order valence-electron chi connectivity index (χ1n) is 11.5. The Hall–Kier alpha value is -3.97. The molecule has 5 rings (SSSR count). The molecule has 0 bridgehead atoms. The van der Waals surface area contributed by atoms with Crippen LogP contribution in [0.2, 0.25) is 0 Å². The van der Waals surface area contributed by atoms with Crippen LogP contribution in [0.1, 0.15) is 5.56 Å². The predicted molar refractivity (Wildman–Crippen MR) is 139 cm³/mol. The first kappa shape index (κ1) is 21.9. The summed E-state index contributed by atoms with van der Waals surface area (Å²) in [5.74, 6) is 0. The van der Waals surface area contributed by atoms with Crippen LogP contribution in [0.3, 0.4) is 0 Å². The number of rotatable bonds is 4. The van der Waals surface area contributed by atoms with Crippen molar-refractivity contribution >= 4 is 34.0 Å². The third kappa shape index (κ3) is 4.70. The lowest BCUT2D eigenvalue weighted by atomic mass is 10.0. The fourth-order valence-electron chi connectivity index (χ4n) is 4.42. The van der Waals surface area contributed by atoms with Crippen molar-refractivity contribution in [3.63, 3.8) is 0 Å². The van der Waals surface area contributed by atoms with Gasteiger partial charge < -0.3 is 20.4 Å². The van der Waals surface area contributed by atoms with Crippen molar-refractivity contribution in [1.29, 1.82) is 0 Å². The summed E-state index contributed by atoms with van der Waals surface area (Å²) in [4.78, 5) is 26.1. The van der Waals surface area contributed by atoms with Crippen molar-refractivity contribution in [3.8, 4) is 11.1 Å². The van der Waals surface area contributed by atoms with Crippen LogP contribution < -0.4 is 15.5 Å². The molecule has 34 heavy (non-hydrogen) atoms. The first-order chi connectivity index (χ1) is 16.6. The smallest absolute Gasteiger partial charge is 0.323 e. The lowest BCUT2D eigenvalue weighted by molar-refractivity contribution is 0.262. The van der Waals surface area contributed by atoms with Gasteiger partial charge in [0.1, 0.15) is 0 Å². The Morgan fingerprint density at radius 3 is 2.44 bits per heavy atom. The van der Waals surface area contributed by atoms with E-state index < -0.39 is 0 Å². The number of fused-ring (bicyclic) bond motifs is 1. The van der Waals surface area contributed by atoms with Gasteiger partial charge in [-0.15, -0.1) is 0 Å². The molecule has 0 unspecified atom stereocenters. The molecule has 2 amide bonds. The monoisotopic (exact) mass is 452 g/mol. The number of aromatic nitrogens is 2. The van der Waals surface area contributed by atoms with Gasteiger partial charge in [-0.25, -0.2) is 4.79 Å². The van der Waals surface area contributed by atoms with E-state index in [-0.39, 0.29) is 6.03 Å². The number of nitrogens with zero attached hydrogens (tertiary/aromatic N) is 4. The summed E-state index contributed by atoms with van der Waals surface area (Å²) in [6.07, 6.45) is 5.26. The molecule has 7 heteroatoms. The summed E-state index contributed by atoms with van der Waals surface area (Å²) < 4.78 is 0. The molecule has 1 aliphatic rings. The number of benzene rings is 2. The molecule has 0 radical (unpaired) electrons. The number of carbonyl (C=O) groups excluding carboxylic acids is 1. The van der Waals surface area contributed by atoms with Crippen LogP contribution in [0.5, 0.6) is 0 Å². The Bertz CT molecular complexity index is 1320. The quantitative estimate of drug-likeness (QED) is 0.456. The van der Waals surface area contributed by atoms with E-state index in [4.69, 9.17) is 0 Å². The fraction of sp³-hybridized carbons (Fsp3) is 0.222. The average molecular weight is 453 g/mol. The zero-order chi connectivity index (χ0) is 23.5. The van der Waals surface area contributed by atoms with Gasteiger partial charge in [-0.3, -0.25) is 9.97 Å². The molecule has 0 atom stereocenters. The summed E-state index contributed by atoms with van der Waals surface area (Å²) in [7, 11) is 2.15. The van der Waals surface area contributed by atoms with Gasteiger partial charge in [0.15, 0.2) is 0 Å². The fourth-order valence-corrected chi connectivity index (χ4v) is 4.42. The SMILES string of the molecule is Cc1cc(NC(=O)Nc2cnc3cccc(N4CCN(C)CC4)c3c2)ccc1-c1ccncc1. The molecule has 0 aliphatic carbocycles. The van der Waals surface area contributed by atoms with Gasteiger partial charge in [0.2, 0.25) is 0 Å². The Balaban J connectivity index is 1.32. The second-order valence-electron chi connectivity index (χ2n) is 8.70. The minimum atomic E-state index is -0.297. The topological polar surface area (TPSA) is 73.4 Å². The van der Waals surface area contributed by atoms with E-state index in [1.165, 1.54) is 0 Å². The van der Waals surface area contributed by atoms with E-state index in [0.29, 0.717) is 5.69 Å². The van der Waals surface area contributed by atoms with E-state index in [0.717, 1.165) is 65.1 Å². The van der Waals surface area contributed by atoms with Crippen molar-refractivity contribution in [1.82, 2.24) is 14.9 Å². The van der Waals surface area contributed by atoms with E-state index in [2.05, 4.69) is 43.5 Å². The summed E-state index contributed by atoms with van der Waals surface area (Å²) in [5.41, 5.74) is 6.77. The van der Waals surface area contributed by atoms with Gasteiger partial charge in [-0.05, 0) is 73.1 Å². The van der Waals surface area contributed by atoms with Crippen LogP contribution in [0, 0.1) is 6.92 Å². The Labute approximate surface area is 199 Å². The van der Waals surface area contributed by atoms with Crippen molar-refractivity contribution in [3.05, 3.63) is 78.8 Å². The van der Waals surface area contributed by atoms with Crippen LogP contribution in [-0.2, 0) is 0 Å². The number of nitrogens with one attached hydrogen (secondary N) is 2. The Kier molecular flexibility index (Phi) is 6.10. The molecule has 1 saturated heterocycles. The van der Waals surface area contributed by atoms with Gasteiger partial charge in [0, 0.05) is 55.3 Å². The van der Waals surface area contributed by atoms with Crippen LogP contribution in [-0.4, -0.2) is 54.1 Å². The second kappa shape index (κ2) is 9.49. The first-order valence-corrected chi connectivity index (χ1v) is 11.5. The molecule has 2 aromatic carbocycles. The zero-order valence-electron chi connectivity index (χ0n) is 19.5. The molecule has 0 spiro atoms. The number of amides is 2. The van der Waals surface area contributed by atoms with Crippen molar-refractivity contribution in [2.24, 2.45) is 0 Å². The predicted octanol–water partition coefficient (Wildman–Crippen LogP) is 5.00. The number of anilines is 3. The number of hydrogen-bond donors (Lipinski definition) is 2. The standard InChI is InChI=1S/C27H28N6O/c1-19-16-21(6-7-23(19)20-8-10-28-11-9-20)30-27(34)31-22-17-24-25(29-18-22)4-3-5-26(24)33-14-12-32(2)13-15-33/h3-11,16-18H,12-15H2,1-2H3,(H2,30,31,34). The van der Waals surface area contributed by atoms with Gasteiger partial charge in [0.25, 0.3) is 0 Å². The molecule has 1 fully saturated rings. The number of carbonyl (C=O) groups is 1. The van der Waals surface area contributed by atoms with E-state index in [9.17, 15) is 4.79 Å². The Morgan fingerprint density at radius 1 is 0.912 bits per heavy atom. The maximum Gasteiger partial charge on any atom is 0.323 e. The highest BCUT2D eigenvalue weighted by atomic mass is 16.2. The van der Waals surface area contributed by atoms with Crippen LogP contribution in [0.25, 0.3) is 22.0 Å². The number of piperazine rings is 1. The minimum absolute atomic E-state index is 0.297. The molecule has 2 aromatic heterocycles. The molecule has 0 saturated carbocycles. The van der Waals surface area contributed by atoms with Crippen LogP contribution in [0.15, 0.2) is 73.2 Å². The minimum Gasteiger partial charge on any atom is -0.368 e. The Morgan fingerprint density at radius 2 is 1.68 bits per heavy atom. The lowest BCUT2D eigenvalue weighted by Crippen LogP contribution is -2.44. The van der Waals surface area contributed by atoms with Gasteiger partial charge in [-0.1, -0.05) is 12.1 Å². The van der Waals surface area contributed by atoms with E-state index >= 15 is 0 Å². The van der Waals surface area contributed by atoms with Crippen molar-refractivity contribution in [2.75, 3.05) is 48.8 Å². The van der Waals surface area contributed by atoms with Crippen molar-refractivity contribution in [2.45, 2.75) is 6.92 Å². The molecule has 172 valence electrons. The highest BCUT2D eigenvalue weighted by Crippen LogP contribution is 2.29. The zero-order valence-corrected chi connectivity index (χ0v) is 19.5. The largest absolute Gasteiger partial charge is 0.368 e. The van der Waals surface area contributed by atoms with E-state index in [1.54, 1.807) is 18.6 Å². The number of aryl methyl sites for hydroxylation is 1. The molecular formula is C27H28N6O. The second-order valence-corrected chi connectivity index (χ2v) is 8.70. The van der Waals surface area contributed by atoms with E-state index in [1.807, 2.05) is 55.5 Å². The van der Waals surface area contributed by atoms with Crippen LogP contribution >= 0.6 is 0 Å². The number of pyridine rings is 2. The van der Waals surface area contributed by atoms with Crippen molar-refractivity contribution < 1.29 is 4.79 Å². The highest BCUT2D eigenvalue weighted by Gasteiger charge is 2.17. The number of urea groups is 1. The summed E-state index contributed by atoms with van der Waals surface area (Å²) in [6, 6.07) is 17.7. The molecule has 7 nitrogen and oxygen atoms in total. The lowest BCUT2D eigenvalue weighted by Gasteiger charge is -2.34. The van der Waals surface area contributed by atoms with Gasteiger partial charge in [0.05, 0.1) is 17.4 Å². The van der Waals surface area contributed by atoms with Gasteiger partial charge in [-0.2, -0.15) is 0 Å². The normalized spacial score (nSPS) is 14.2. The maximum absolute atomic E-state index is 12.7. The molecule has 1 aliphatic heterocycles. The third-order valence-corrected chi connectivity index (χ3v) is 6.28. The molecule has 2 N–H and O–H groups in total. The third-order valence-electron chi connectivity index (χ3n) is 6.28. The molecule has 3 heterocycles. The highest BCUT2D eigenvalue weighted by molar-refractivity contribution is 6.02. The summed E-state index contributed by atoms with van der Waals surface area (Å²) >= 11 is 0. The maximum atomic E-state index is 12.7.